The second-order valence-electron chi connectivity index (χ2n) is 5.10. The number of carboxylic acids is 1. The lowest BCUT2D eigenvalue weighted by atomic mass is 10.2. The highest BCUT2D eigenvalue weighted by atomic mass is 32.2. The molecule has 3 N–H and O–H groups in total. The van der Waals surface area contributed by atoms with Crippen molar-refractivity contribution in [3.63, 3.8) is 0 Å². The Morgan fingerprint density at radius 2 is 1.87 bits per heavy atom. The third kappa shape index (κ3) is 7.14. The monoisotopic (exact) mass is 342 g/mol. The summed E-state index contributed by atoms with van der Waals surface area (Å²) in [5.74, 6) is -1.11. The van der Waals surface area contributed by atoms with E-state index in [-0.39, 0.29) is 23.6 Å². The molecule has 7 nitrogen and oxygen atoms in total. The standard InChI is InChI=1S/C15H22N2O5S/c1-2-12(17-15(20)16-10-6-9-14(18)19)11-23(21,22)13-7-4-3-5-8-13/h3-5,7-8,12H,2,6,9-11H2,1H3,(H,18,19)(H2,16,17,20). The van der Waals surface area contributed by atoms with Gasteiger partial charge in [-0.3, -0.25) is 4.79 Å². The number of urea groups is 1. The second-order valence-corrected chi connectivity index (χ2v) is 7.13. The first kappa shape index (κ1) is 19.0. The Morgan fingerprint density at radius 1 is 1.22 bits per heavy atom. The summed E-state index contributed by atoms with van der Waals surface area (Å²) in [6, 6.07) is 7.07. The van der Waals surface area contributed by atoms with Gasteiger partial charge in [0.15, 0.2) is 9.84 Å². The van der Waals surface area contributed by atoms with Crippen molar-refractivity contribution in [2.75, 3.05) is 12.3 Å². The van der Waals surface area contributed by atoms with E-state index in [0.717, 1.165) is 0 Å². The van der Waals surface area contributed by atoms with Crippen LogP contribution in [0.1, 0.15) is 26.2 Å². The minimum atomic E-state index is -3.47. The molecule has 2 amide bonds. The SMILES string of the molecule is CCC(CS(=O)(=O)c1ccccc1)NC(=O)NCCCC(=O)O. The summed E-state index contributed by atoms with van der Waals surface area (Å²) >= 11 is 0. The predicted octanol–water partition coefficient (Wildman–Crippen LogP) is 1.40. The van der Waals surface area contributed by atoms with Crippen LogP contribution < -0.4 is 10.6 Å². The Balaban J connectivity index is 2.50. The summed E-state index contributed by atoms with van der Waals surface area (Å²) < 4.78 is 24.6. The summed E-state index contributed by atoms with van der Waals surface area (Å²) in [5.41, 5.74) is 0. The fraction of sp³-hybridized carbons (Fsp3) is 0.467. The third-order valence-electron chi connectivity index (χ3n) is 3.20. The number of amides is 2. The molecule has 0 fully saturated rings. The molecule has 1 unspecified atom stereocenters. The maximum atomic E-state index is 12.3. The Kier molecular flexibility index (Phi) is 7.53. The smallest absolute Gasteiger partial charge is 0.315 e. The van der Waals surface area contributed by atoms with Crippen molar-refractivity contribution in [2.45, 2.75) is 37.1 Å². The summed E-state index contributed by atoms with van der Waals surface area (Å²) in [5, 5.41) is 13.6. The molecule has 0 radical (unpaired) electrons. The maximum Gasteiger partial charge on any atom is 0.315 e. The van der Waals surface area contributed by atoms with Gasteiger partial charge in [0, 0.05) is 19.0 Å². The van der Waals surface area contributed by atoms with Crippen LogP contribution in [0.2, 0.25) is 0 Å². The number of sulfone groups is 1. The van der Waals surface area contributed by atoms with Gasteiger partial charge in [-0.05, 0) is 25.0 Å². The van der Waals surface area contributed by atoms with E-state index in [4.69, 9.17) is 5.11 Å². The van der Waals surface area contributed by atoms with Crippen molar-refractivity contribution in [1.82, 2.24) is 10.6 Å². The normalized spacial score (nSPS) is 12.4. The van der Waals surface area contributed by atoms with Crippen LogP contribution >= 0.6 is 0 Å². The fourth-order valence-electron chi connectivity index (χ4n) is 1.93. The molecule has 0 aliphatic rings. The average molecular weight is 342 g/mol. The third-order valence-corrected chi connectivity index (χ3v) is 5.04. The molecule has 0 heterocycles. The van der Waals surface area contributed by atoms with Crippen LogP contribution in [-0.4, -0.2) is 43.9 Å². The summed E-state index contributed by atoms with van der Waals surface area (Å²) in [6.07, 6.45) is 0.760. The average Bonchev–Trinajstić information content (AvgIpc) is 2.51. The Morgan fingerprint density at radius 3 is 2.43 bits per heavy atom. The second kappa shape index (κ2) is 9.14. The van der Waals surface area contributed by atoms with Crippen molar-refractivity contribution in [3.8, 4) is 0 Å². The van der Waals surface area contributed by atoms with Crippen LogP contribution in [0.4, 0.5) is 4.79 Å². The van der Waals surface area contributed by atoms with Crippen molar-refractivity contribution in [1.29, 1.82) is 0 Å². The quantitative estimate of drug-likeness (QED) is 0.587. The van der Waals surface area contributed by atoms with Crippen LogP contribution in [0, 0.1) is 0 Å². The fourth-order valence-corrected chi connectivity index (χ4v) is 3.54. The van der Waals surface area contributed by atoms with Crippen LogP contribution in [-0.2, 0) is 14.6 Å². The summed E-state index contributed by atoms with van der Waals surface area (Å²) in [6.45, 7) is 2.01. The van der Waals surface area contributed by atoms with Gasteiger partial charge in [-0.2, -0.15) is 0 Å². The zero-order valence-electron chi connectivity index (χ0n) is 13.0. The minimum absolute atomic E-state index is 0.0279. The van der Waals surface area contributed by atoms with Crippen LogP contribution in [0.5, 0.6) is 0 Å². The number of carbonyl (C=O) groups is 2. The van der Waals surface area contributed by atoms with Crippen LogP contribution in [0.25, 0.3) is 0 Å². The number of carboxylic acid groups (broad SMARTS) is 1. The number of benzene rings is 1. The van der Waals surface area contributed by atoms with Crippen molar-refractivity contribution >= 4 is 21.8 Å². The van der Waals surface area contributed by atoms with E-state index in [1.165, 1.54) is 12.1 Å². The lowest BCUT2D eigenvalue weighted by Gasteiger charge is -2.17. The van der Waals surface area contributed by atoms with E-state index in [9.17, 15) is 18.0 Å². The summed E-state index contributed by atoms with van der Waals surface area (Å²) in [7, 11) is -3.47. The zero-order valence-corrected chi connectivity index (χ0v) is 13.8. The number of rotatable bonds is 9. The molecular formula is C15H22N2O5S. The zero-order chi connectivity index (χ0) is 17.3. The molecule has 128 valence electrons. The first-order valence-corrected chi connectivity index (χ1v) is 9.04. The molecule has 1 aromatic rings. The Hall–Kier alpha value is -2.09. The van der Waals surface area contributed by atoms with Gasteiger partial charge < -0.3 is 15.7 Å². The molecule has 0 aliphatic heterocycles. The number of nitrogens with one attached hydrogen (secondary N) is 2. The molecule has 8 heteroatoms. The molecule has 0 spiro atoms. The lowest BCUT2D eigenvalue weighted by molar-refractivity contribution is -0.137. The number of carbonyl (C=O) groups excluding carboxylic acids is 1. The van der Waals surface area contributed by atoms with E-state index in [1.807, 2.05) is 0 Å². The Labute approximate surface area is 136 Å². The molecule has 0 saturated carbocycles. The Bertz CT molecular complexity index is 616. The van der Waals surface area contributed by atoms with Gasteiger partial charge in [-0.25, -0.2) is 13.2 Å². The first-order valence-electron chi connectivity index (χ1n) is 7.39. The summed E-state index contributed by atoms with van der Waals surface area (Å²) in [4.78, 5) is 22.3. The van der Waals surface area contributed by atoms with Gasteiger partial charge in [-0.15, -0.1) is 0 Å². The van der Waals surface area contributed by atoms with Gasteiger partial charge >= 0.3 is 12.0 Å². The van der Waals surface area contributed by atoms with Gasteiger partial charge in [-0.1, -0.05) is 25.1 Å². The van der Waals surface area contributed by atoms with E-state index < -0.39 is 27.9 Å². The highest BCUT2D eigenvalue weighted by molar-refractivity contribution is 7.91. The van der Waals surface area contributed by atoms with Gasteiger partial charge in [0.25, 0.3) is 0 Å². The molecule has 1 rings (SSSR count). The van der Waals surface area contributed by atoms with E-state index in [1.54, 1.807) is 25.1 Å². The molecule has 0 bridgehead atoms. The minimum Gasteiger partial charge on any atom is -0.481 e. The molecule has 23 heavy (non-hydrogen) atoms. The van der Waals surface area contributed by atoms with E-state index >= 15 is 0 Å². The molecule has 1 aromatic carbocycles. The molecular weight excluding hydrogens is 320 g/mol. The lowest BCUT2D eigenvalue weighted by Crippen LogP contribution is -2.45. The van der Waals surface area contributed by atoms with Gasteiger partial charge in [0.2, 0.25) is 0 Å². The highest BCUT2D eigenvalue weighted by Crippen LogP contribution is 2.12. The van der Waals surface area contributed by atoms with E-state index in [2.05, 4.69) is 10.6 Å². The number of aliphatic carboxylic acids is 1. The molecule has 0 aliphatic carbocycles. The van der Waals surface area contributed by atoms with Crippen LogP contribution in [0.15, 0.2) is 35.2 Å². The van der Waals surface area contributed by atoms with Gasteiger partial charge in [0.1, 0.15) is 0 Å². The first-order chi connectivity index (χ1) is 10.8. The van der Waals surface area contributed by atoms with Gasteiger partial charge in [0.05, 0.1) is 10.6 Å². The highest BCUT2D eigenvalue weighted by Gasteiger charge is 2.21. The van der Waals surface area contributed by atoms with E-state index in [0.29, 0.717) is 12.8 Å². The van der Waals surface area contributed by atoms with Crippen molar-refractivity contribution in [3.05, 3.63) is 30.3 Å². The topological polar surface area (TPSA) is 113 Å². The van der Waals surface area contributed by atoms with Crippen molar-refractivity contribution in [2.24, 2.45) is 0 Å². The molecule has 1 atom stereocenters. The maximum absolute atomic E-state index is 12.3. The predicted molar refractivity (Wildman–Crippen MR) is 86.0 cm³/mol. The molecule has 0 aromatic heterocycles. The van der Waals surface area contributed by atoms with Crippen LogP contribution in [0.3, 0.4) is 0 Å². The molecule has 0 saturated heterocycles. The largest absolute Gasteiger partial charge is 0.481 e. The number of hydrogen-bond acceptors (Lipinski definition) is 4. The number of hydrogen-bond donors (Lipinski definition) is 3. The van der Waals surface area contributed by atoms with Crippen molar-refractivity contribution < 1.29 is 23.1 Å².